The first-order valence-electron chi connectivity index (χ1n) is 8.47. The number of benzene rings is 1. The number of carbonyl (C=O) groups excluding carboxylic acids is 1. The van der Waals surface area contributed by atoms with Gasteiger partial charge in [-0.1, -0.05) is 23.7 Å². The molecule has 8 heteroatoms. The molecule has 3 rings (SSSR count). The van der Waals surface area contributed by atoms with Crippen molar-refractivity contribution < 1.29 is 9.53 Å². The molecule has 1 saturated heterocycles. The smallest absolute Gasteiger partial charge is 0.255 e. The largest absolute Gasteiger partial charge is 0.481 e. The van der Waals surface area contributed by atoms with Crippen molar-refractivity contribution in [1.29, 1.82) is 0 Å². The summed E-state index contributed by atoms with van der Waals surface area (Å²) in [4.78, 5) is 25.1. The number of hydrogen-bond donors (Lipinski definition) is 1. The zero-order valence-corrected chi connectivity index (χ0v) is 15.7. The van der Waals surface area contributed by atoms with Gasteiger partial charge in [-0.2, -0.15) is 9.97 Å². The summed E-state index contributed by atoms with van der Waals surface area (Å²) in [6.07, 6.45) is 0.821. The normalized spacial score (nSPS) is 14.9. The first kappa shape index (κ1) is 18.3. The highest BCUT2D eigenvalue weighted by Gasteiger charge is 2.23. The molecule has 1 aromatic heterocycles. The van der Waals surface area contributed by atoms with Gasteiger partial charge >= 0.3 is 0 Å². The predicted molar refractivity (Wildman–Crippen MR) is 102 cm³/mol. The molecule has 7 nitrogen and oxygen atoms in total. The van der Waals surface area contributed by atoms with E-state index in [0.717, 1.165) is 18.5 Å². The van der Waals surface area contributed by atoms with Gasteiger partial charge in [0.25, 0.3) is 5.91 Å². The van der Waals surface area contributed by atoms with Crippen LogP contribution in [0.2, 0.25) is 5.02 Å². The molecule has 1 aromatic carbocycles. The van der Waals surface area contributed by atoms with Gasteiger partial charge in [0.05, 0.1) is 17.7 Å². The molecule has 2 heterocycles. The highest BCUT2D eigenvalue weighted by Crippen LogP contribution is 2.24. The van der Waals surface area contributed by atoms with Crippen LogP contribution in [0.5, 0.6) is 5.88 Å². The average Bonchev–Trinajstić information content (AvgIpc) is 2.89. The van der Waals surface area contributed by atoms with Crippen LogP contribution in [0.1, 0.15) is 22.3 Å². The second-order valence-corrected chi connectivity index (χ2v) is 6.57. The van der Waals surface area contributed by atoms with Gasteiger partial charge in [0.1, 0.15) is 5.82 Å². The molecule has 1 aliphatic rings. The van der Waals surface area contributed by atoms with E-state index in [4.69, 9.17) is 22.1 Å². The van der Waals surface area contributed by atoms with Gasteiger partial charge in [-0.3, -0.25) is 4.79 Å². The summed E-state index contributed by atoms with van der Waals surface area (Å²) in [7, 11) is 1.54. The minimum atomic E-state index is -0.0414. The van der Waals surface area contributed by atoms with E-state index in [-0.39, 0.29) is 11.9 Å². The maximum Gasteiger partial charge on any atom is 0.255 e. The van der Waals surface area contributed by atoms with Crippen LogP contribution in [0.15, 0.2) is 24.3 Å². The quantitative estimate of drug-likeness (QED) is 0.886. The number of nitrogens with zero attached hydrogens (tertiary/aromatic N) is 4. The third-order valence-corrected chi connectivity index (χ3v) is 4.95. The Balaban J connectivity index is 1.75. The van der Waals surface area contributed by atoms with Gasteiger partial charge in [-0.25, -0.2) is 0 Å². The van der Waals surface area contributed by atoms with Gasteiger partial charge in [-0.15, -0.1) is 0 Å². The van der Waals surface area contributed by atoms with E-state index in [1.165, 1.54) is 0 Å². The number of nitrogens with two attached hydrogens (primary N) is 1. The molecule has 1 aliphatic heterocycles. The minimum absolute atomic E-state index is 0.0414. The van der Waals surface area contributed by atoms with E-state index >= 15 is 0 Å². The molecule has 0 radical (unpaired) electrons. The third-order valence-electron chi connectivity index (χ3n) is 4.44. The lowest BCUT2D eigenvalue weighted by Crippen LogP contribution is -2.35. The lowest BCUT2D eigenvalue weighted by atomic mass is 10.1. The van der Waals surface area contributed by atoms with Crippen LogP contribution in [0.25, 0.3) is 0 Å². The second-order valence-electron chi connectivity index (χ2n) is 6.20. The number of nitrogen functional groups attached to an aromatic ring is 1. The van der Waals surface area contributed by atoms with Gasteiger partial charge in [0.2, 0.25) is 11.8 Å². The summed E-state index contributed by atoms with van der Waals surface area (Å²) in [6.45, 7) is 4.56. The zero-order chi connectivity index (χ0) is 18.7. The van der Waals surface area contributed by atoms with Crippen LogP contribution in [0.3, 0.4) is 0 Å². The van der Waals surface area contributed by atoms with E-state index in [2.05, 4.69) is 14.9 Å². The Morgan fingerprint density at radius 3 is 2.81 bits per heavy atom. The Kier molecular flexibility index (Phi) is 5.46. The standard InChI is InChI=1S/C18H22ClN5O2/c1-12-5-3-6-13(16(12)19)17(25)24-8-4-7-23(9-10-24)14-11-15(26-2)22-18(20)21-14/h3,5-6,11H,4,7-10H2,1-2H3,(H2,20,21,22). The summed E-state index contributed by atoms with van der Waals surface area (Å²) in [5, 5.41) is 0.520. The number of aromatic nitrogens is 2. The average molecular weight is 376 g/mol. The van der Waals surface area contributed by atoms with Crippen molar-refractivity contribution in [3.8, 4) is 5.88 Å². The van der Waals surface area contributed by atoms with E-state index < -0.39 is 0 Å². The van der Waals surface area contributed by atoms with Crippen LogP contribution in [-0.4, -0.2) is 54.1 Å². The number of aryl methyl sites for hydroxylation is 1. The summed E-state index contributed by atoms with van der Waals surface area (Å²) >= 11 is 6.32. The monoisotopic (exact) mass is 375 g/mol. The Morgan fingerprint density at radius 2 is 2.04 bits per heavy atom. The van der Waals surface area contributed by atoms with E-state index in [0.29, 0.717) is 41.9 Å². The van der Waals surface area contributed by atoms with Crippen molar-refractivity contribution in [3.63, 3.8) is 0 Å². The van der Waals surface area contributed by atoms with Gasteiger partial charge in [0, 0.05) is 32.2 Å². The van der Waals surface area contributed by atoms with Crippen molar-refractivity contribution >= 4 is 29.3 Å². The Morgan fingerprint density at radius 1 is 1.23 bits per heavy atom. The Labute approximate surface area is 157 Å². The van der Waals surface area contributed by atoms with Gasteiger partial charge in [-0.05, 0) is 25.0 Å². The number of rotatable bonds is 3. The SMILES string of the molecule is COc1cc(N2CCCN(C(=O)c3cccc(C)c3Cl)CC2)nc(N)n1. The molecule has 0 aliphatic carbocycles. The number of amides is 1. The van der Waals surface area contributed by atoms with Crippen molar-refractivity contribution in [2.45, 2.75) is 13.3 Å². The number of carbonyl (C=O) groups is 1. The van der Waals surface area contributed by atoms with Crippen LogP contribution < -0.4 is 15.4 Å². The Hall–Kier alpha value is -2.54. The van der Waals surface area contributed by atoms with E-state index in [1.807, 2.05) is 24.0 Å². The molecule has 2 aromatic rings. The summed E-state index contributed by atoms with van der Waals surface area (Å²) in [5.41, 5.74) is 7.20. The maximum atomic E-state index is 12.9. The molecule has 0 bridgehead atoms. The summed E-state index contributed by atoms with van der Waals surface area (Å²) in [5.74, 6) is 1.26. The van der Waals surface area contributed by atoms with Gasteiger partial charge in [0.15, 0.2) is 0 Å². The molecular weight excluding hydrogens is 354 g/mol. The van der Waals surface area contributed by atoms with Gasteiger partial charge < -0.3 is 20.3 Å². The van der Waals surface area contributed by atoms with E-state index in [1.54, 1.807) is 19.2 Å². The molecule has 2 N–H and O–H groups in total. The molecule has 138 valence electrons. The van der Waals surface area contributed by atoms with Crippen LogP contribution >= 0.6 is 11.6 Å². The first-order valence-corrected chi connectivity index (χ1v) is 8.85. The van der Waals surface area contributed by atoms with Crippen molar-refractivity contribution in [2.24, 2.45) is 0 Å². The van der Waals surface area contributed by atoms with Crippen molar-refractivity contribution in [2.75, 3.05) is 43.9 Å². The lowest BCUT2D eigenvalue weighted by Gasteiger charge is -2.23. The molecule has 26 heavy (non-hydrogen) atoms. The van der Waals surface area contributed by atoms with Crippen molar-refractivity contribution in [1.82, 2.24) is 14.9 Å². The summed E-state index contributed by atoms with van der Waals surface area (Å²) < 4.78 is 5.16. The molecule has 0 atom stereocenters. The highest BCUT2D eigenvalue weighted by molar-refractivity contribution is 6.34. The molecule has 1 fully saturated rings. The first-order chi connectivity index (χ1) is 12.5. The molecule has 0 saturated carbocycles. The van der Waals surface area contributed by atoms with Crippen LogP contribution in [0.4, 0.5) is 11.8 Å². The molecule has 1 amide bonds. The fraction of sp³-hybridized carbons (Fsp3) is 0.389. The maximum absolute atomic E-state index is 12.9. The second kappa shape index (κ2) is 7.78. The highest BCUT2D eigenvalue weighted by atomic mass is 35.5. The number of halogens is 1. The van der Waals surface area contributed by atoms with E-state index in [9.17, 15) is 4.79 Å². The van der Waals surface area contributed by atoms with Crippen LogP contribution in [-0.2, 0) is 0 Å². The molecule has 0 unspecified atom stereocenters. The van der Waals surface area contributed by atoms with Crippen molar-refractivity contribution in [3.05, 3.63) is 40.4 Å². The molecule has 0 spiro atoms. The minimum Gasteiger partial charge on any atom is -0.481 e. The topological polar surface area (TPSA) is 84.6 Å². The lowest BCUT2D eigenvalue weighted by molar-refractivity contribution is 0.0767. The number of anilines is 2. The van der Waals surface area contributed by atoms with Crippen LogP contribution in [0, 0.1) is 6.92 Å². The number of hydrogen-bond acceptors (Lipinski definition) is 6. The summed E-state index contributed by atoms with van der Waals surface area (Å²) in [6, 6.07) is 7.28. The third kappa shape index (κ3) is 3.83. The zero-order valence-electron chi connectivity index (χ0n) is 14.9. The fourth-order valence-electron chi connectivity index (χ4n) is 3.03. The number of methoxy groups -OCH3 is 1. The predicted octanol–water partition coefficient (Wildman–Crippen LogP) is 2.38. The Bertz CT molecular complexity index is 814. The molecular formula is C18H22ClN5O2. The number of ether oxygens (including phenoxy) is 1. The fourth-order valence-corrected chi connectivity index (χ4v) is 3.24.